The van der Waals surface area contributed by atoms with Gasteiger partial charge in [-0.15, -0.1) is 5.10 Å². The van der Waals surface area contributed by atoms with Crippen LogP contribution in [-0.2, 0) is 0 Å². The molecule has 1 aromatic heterocycles. The predicted molar refractivity (Wildman–Crippen MR) is 71.1 cm³/mol. The van der Waals surface area contributed by atoms with Crippen molar-refractivity contribution in [3.05, 3.63) is 33.7 Å². The standard InChI is InChI=1S/C11H11ClN4OS/c12-7-2-1-3-8(13)9(7)18-11-15-14-10(17)16(11)6-4-5-6/h1-3,6H,4-5,13H2,(H,14,17). The maximum absolute atomic E-state index is 11.6. The summed E-state index contributed by atoms with van der Waals surface area (Å²) in [6.45, 7) is 0. The van der Waals surface area contributed by atoms with Crippen LogP contribution in [0.1, 0.15) is 18.9 Å². The quantitative estimate of drug-likeness (QED) is 0.847. The van der Waals surface area contributed by atoms with Gasteiger partial charge < -0.3 is 5.73 Å². The van der Waals surface area contributed by atoms with E-state index in [1.165, 1.54) is 11.8 Å². The number of nitrogens with two attached hydrogens (primary N) is 1. The van der Waals surface area contributed by atoms with Gasteiger partial charge in [-0.1, -0.05) is 17.7 Å². The number of nitrogen functional groups attached to an aromatic ring is 1. The molecule has 1 aromatic carbocycles. The topological polar surface area (TPSA) is 76.7 Å². The fourth-order valence-corrected chi connectivity index (χ4v) is 2.99. The Balaban J connectivity index is 2.00. The molecule has 3 rings (SSSR count). The molecule has 0 radical (unpaired) electrons. The molecule has 0 aliphatic heterocycles. The summed E-state index contributed by atoms with van der Waals surface area (Å²) in [5.74, 6) is 0. The number of nitrogens with one attached hydrogen (secondary N) is 1. The molecule has 0 saturated heterocycles. The molecular formula is C11H11ClN4OS. The second-order valence-electron chi connectivity index (χ2n) is 4.17. The molecule has 0 amide bonds. The summed E-state index contributed by atoms with van der Waals surface area (Å²) in [5.41, 5.74) is 6.30. The molecule has 1 aliphatic rings. The molecule has 1 saturated carbocycles. The Morgan fingerprint density at radius 2 is 2.28 bits per heavy atom. The molecular weight excluding hydrogens is 272 g/mol. The summed E-state index contributed by atoms with van der Waals surface area (Å²) in [6.07, 6.45) is 2.04. The van der Waals surface area contributed by atoms with Gasteiger partial charge in [-0.3, -0.25) is 4.57 Å². The highest BCUT2D eigenvalue weighted by atomic mass is 35.5. The predicted octanol–water partition coefficient (Wildman–Crippen LogP) is 2.29. The van der Waals surface area contributed by atoms with Crippen molar-refractivity contribution in [2.24, 2.45) is 0 Å². The van der Waals surface area contributed by atoms with Crippen LogP contribution < -0.4 is 11.4 Å². The number of hydrogen-bond acceptors (Lipinski definition) is 4. The zero-order chi connectivity index (χ0) is 12.7. The van der Waals surface area contributed by atoms with Crippen LogP contribution >= 0.6 is 23.4 Å². The molecule has 0 bridgehead atoms. The average Bonchev–Trinajstić information content (AvgIpc) is 3.09. The Hall–Kier alpha value is -1.40. The summed E-state index contributed by atoms with van der Waals surface area (Å²) >= 11 is 7.43. The summed E-state index contributed by atoms with van der Waals surface area (Å²) in [5, 5.41) is 7.68. The maximum Gasteiger partial charge on any atom is 0.344 e. The van der Waals surface area contributed by atoms with Gasteiger partial charge in [0.05, 0.1) is 9.92 Å². The Morgan fingerprint density at radius 3 is 2.94 bits per heavy atom. The smallest absolute Gasteiger partial charge is 0.344 e. The molecule has 94 valence electrons. The second-order valence-corrected chi connectivity index (χ2v) is 5.56. The van der Waals surface area contributed by atoms with E-state index in [0.29, 0.717) is 15.9 Å². The van der Waals surface area contributed by atoms with Crippen LogP contribution in [0.3, 0.4) is 0 Å². The van der Waals surface area contributed by atoms with E-state index in [1.54, 1.807) is 22.8 Å². The average molecular weight is 283 g/mol. The highest BCUT2D eigenvalue weighted by Crippen LogP contribution is 2.40. The number of benzene rings is 1. The normalized spacial score (nSPS) is 14.9. The molecule has 0 unspecified atom stereocenters. The lowest BCUT2D eigenvalue weighted by Gasteiger charge is -2.07. The van der Waals surface area contributed by atoms with Gasteiger partial charge >= 0.3 is 5.69 Å². The first-order valence-corrected chi connectivity index (χ1v) is 6.75. The second kappa shape index (κ2) is 4.37. The maximum atomic E-state index is 11.6. The van der Waals surface area contributed by atoms with Gasteiger partial charge in [-0.25, -0.2) is 9.89 Å². The number of aromatic amines is 1. The number of hydrogen-bond donors (Lipinski definition) is 2. The van der Waals surface area contributed by atoms with E-state index in [9.17, 15) is 4.79 Å². The first kappa shape index (κ1) is 11.7. The van der Waals surface area contributed by atoms with Crippen LogP contribution in [0.25, 0.3) is 0 Å². The van der Waals surface area contributed by atoms with Crippen molar-refractivity contribution in [2.45, 2.75) is 28.9 Å². The lowest BCUT2D eigenvalue weighted by Crippen LogP contribution is -2.16. The van der Waals surface area contributed by atoms with Crippen LogP contribution in [-0.4, -0.2) is 14.8 Å². The fourth-order valence-electron chi connectivity index (χ4n) is 1.74. The molecule has 2 aromatic rings. The molecule has 0 atom stereocenters. The van der Waals surface area contributed by atoms with E-state index < -0.39 is 0 Å². The van der Waals surface area contributed by atoms with Crippen molar-refractivity contribution in [1.82, 2.24) is 14.8 Å². The Kier molecular flexibility index (Phi) is 2.83. The van der Waals surface area contributed by atoms with E-state index in [-0.39, 0.29) is 11.7 Å². The first-order valence-electron chi connectivity index (χ1n) is 5.55. The van der Waals surface area contributed by atoms with Crippen molar-refractivity contribution in [2.75, 3.05) is 5.73 Å². The van der Waals surface area contributed by atoms with Gasteiger partial charge in [0.2, 0.25) is 0 Å². The van der Waals surface area contributed by atoms with Crippen LogP contribution in [0.5, 0.6) is 0 Å². The number of H-pyrrole nitrogens is 1. The zero-order valence-electron chi connectivity index (χ0n) is 9.39. The number of halogens is 1. The van der Waals surface area contributed by atoms with Crippen LogP contribution in [0.2, 0.25) is 5.02 Å². The minimum Gasteiger partial charge on any atom is -0.398 e. The molecule has 7 heteroatoms. The van der Waals surface area contributed by atoms with E-state index in [4.69, 9.17) is 17.3 Å². The minimum atomic E-state index is -0.175. The number of anilines is 1. The van der Waals surface area contributed by atoms with E-state index >= 15 is 0 Å². The molecule has 5 nitrogen and oxygen atoms in total. The van der Waals surface area contributed by atoms with Crippen LogP contribution in [0.15, 0.2) is 33.0 Å². The highest BCUT2D eigenvalue weighted by molar-refractivity contribution is 7.99. The van der Waals surface area contributed by atoms with Crippen molar-refractivity contribution >= 4 is 29.1 Å². The molecule has 18 heavy (non-hydrogen) atoms. The van der Waals surface area contributed by atoms with Gasteiger partial charge in [0.15, 0.2) is 5.16 Å². The zero-order valence-corrected chi connectivity index (χ0v) is 11.0. The summed E-state index contributed by atoms with van der Waals surface area (Å²) in [6, 6.07) is 5.61. The molecule has 3 N–H and O–H groups in total. The summed E-state index contributed by atoms with van der Waals surface area (Å²) in [4.78, 5) is 12.4. The summed E-state index contributed by atoms with van der Waals surface area (Å²) in [7, 11) is 0. The Labute approximate surface area is 112 Å². The Morgan fingerprint density at radius 1 is 1.50 bits per heavy atom. The first-order chi connectivity index (χ1) is 8.66. The molecule has 1 heterocycles. The number of rotatable bonds is 3. The van der Waals surface area contributed by atoms with Gasteiger partial charge in [0.25, 0.3) is 0 Å². The van der Waals surface area contributed by atoms with Gasteiger partial charge in [-0.2, -0.15) is 0 Å². The largest absolute Gasteiger partial charge is 0.398 e. The van der Waals surface area contributed by atoms with Crippen molar-refractivity contribution < 1.29 is 0 Å². The number of aromatic nitrogens is 3. The third-order valence-electron chi connectivity index (χ3n) is 2.77. The van der Waals surface area contributed by atoms with Crippen LogP contribution in [0, 0.1) is 0 Å². The Bertz CT molecular complexity index is 626. The van der Waals surface area contributed by atoms with Crippen molar-refractivity contribution in [3.63, 3.8) is 0 Å². The van der Waals surface area contributed by atoms with Gasteiger partial charge in [0.1, 0.15) is 0 Å². The lowest BCUT2D eigenvalue weighted by molar-refractivity contribution is 0.642. The monoisotopic (exact) mass is 282 g/mol. The SMILES string of the molecule is Nc1cccc(Cl)c1Sc1n[nH]c(=O)n1C1CC1. The van der Waals surface area contributed by atoms with Gasteiger partial charge in [-0.05, 0) is 36.7 Å². The van der Waals surface area contributed by atoms with Crippen molar-refractivity contribution in [3.8, 4) is 0 Å². The third kappa shape index (κ3) is 2.02. The van der Waals surface area contributed by atoms with Gasteiger partial charge in [0, 0.05) is 11.7 Å². The van der Waals surface area contributed by atoms with E-state index in [1.807, 2.05) is 0 Å². The lowest BCUT2D eigenvalue weighted by atomic mass is 10.3. The van der Waals surface area contributed by atoms with E-state index in [2.05, 4.69) is 10.2 Å². The fraction of sp³-hybridized carbons (Fsp3) is 0.273. The summed E-state index contributed by atoms with van der Waals surface area (Å²) < 4.78 is 1.67. The van der Waals surface area contributed by atoms with Crippen molar-refractivity contribution in [1.29, 1.82) is 0 Å². The minimum absolute atomic E-state index is 0.175. The molecule has 0 spiro atoms. The highest BCUT2D eigenvalue weighted by Gasteiger charge is 2.29. The molecule has 1 fully saturated rings. The van der Waals surface area contributed by atoms with E-state index in [0.717, 1.165) is 17.7 Å². The van der Waals surface area contributed by atoms with Crippen LogP contribution in [0.4, 0.5) is 5.69 Å². The number of nitrogens with zero attached hydrogens (tertiary/aromatic N) is 2. The third-order valence-corrected chi connectivity index (χ3v) is 4.33. The molecule has 1 aliphatic carbocycles.